The number of ether oxygens (including phenoxy) is 1. The van der Waals surface area contributed by atoms with E-state index >= 15 is 0 Å². The van der Waals surface area contributed by atoms with Crippen LogP contribution in [0.1, 0.15) is 0 Å². The molecule has 0 radical (unpaired) electrons. The highest BCUT2D eigenvalue weighted by Gasteiger charge is 2.28. The van der Waals surface area contributed by atoms with Crippen LogP contribution in [0.3, 0.4) is 0 Å². The third-order valence-corrected chi connectivity index (χ3v) is 2.75. The summed E-state index contributed by atoms with van der Waals surface area (Å²) in [6.07, 6.45) is -3.48. The molecule has 0 bridgehead atoms. The second-order valence-electron chi connectivity index (χ2n) is 3.15. The molecule has 1 rings (SSSR count). The zero-order valence-corrected chi connectivity index (χ0v) is 9.10. The summed E-state index contributed by atoms with van der Waals surface area (Å²) in [5, 5.41) is 0. The van der Waals surface area contributed by atoms with Gasteiger partial charge in [-0.3, -0.25) is 0 Å². The molecule has 0 amide bonds. The van der Waals surface area contributed by atoms with E-state index in [0.717, 1.165) is 12.3 Å². The Bertz CT molecular complexity index is 465. The summed E-state index contributed by atoms with van der Waals surface area (Å²) in [6.45, 7) is -1.44. The number of halogens is 3. The first kappa shape index (κ1) is 12.8. The van der Waals surface area contributed by atoms with Crippen LogP contribution in [0.25, 0.3) is 0 Å². The van der Waals surface area contributed by atoms with Gasteiger partial charge in [0.25, 0.3) is 0 Å². The van der Waals surface area contributed by atoms with Crippen molar-refractivity contribution in [2.24, 2.45) is 0 Å². The van der Waals surface area contributed by atoms with Gasteiger partial charge in [-0.05, 0) is 18.2 Å². The lowest BCUT2D eigenvalue weighted by molar-refractivity contribution is -0.153. The Kier molecular flexibility index (Phi) is 3.47. The lowest BCUT2D eigenvalue weighted by Gasteiger charge is -2.09. The van der Waals surface area contributed by atoms with Crippen molar-refractivity contribution in [3.63, 3.8) is 0 Å². The lowest BCUT2D eigenvalue weighted by atomic mass is 10.3. The number of hydrogen-bond donors (Lipinski definition) is 0. The Hall–Kier alpha value is -1.24. The molecule has 0 saturated carbocycles. The van der Waals surface area contributed by atoms with Crippen molar-refractivity contribution in [3.8, 4) is 5.75 Å². The van der Waals surface area contributed by atoms with Crippen LogP contribution in [0.4, 0.5) is 13.2 Å². The van der Waals surface area contributed by atoms with E-state index < -0.39 is 22.6 Å². The Balaban J connectivity index is 2.84. The monoisotopic (exact) mass is 254 g/mol. The molecule has 0 aliphatic heterocycles. The fourth-order valence-corrected chi connectivity index (χ4v) is 1.62. The number of sulfone groups is 1. The molecular weight excluding hydrogens is 245 g/mol. The van der Waals surface area contributed by atoms with Gasteiger partial charge in [0.1, 0.15) is 5.75 Å². The smallest absolute Gasteiger partial charge is 0.422 e. The largest absolute Gasteiger partial charge is 0.484 e. The first-order valence-electron chi connectivity index (χ1n) is 4.18. The highest BCUT2D eigenvalue weighted by atomic mass is 32.2. The van der Waals surface area contributed by atoms with Gasteiger partial charge in [-0.25, -0.2) is 8.42 Å². The Labute approximate surface area is 90.8 Å². The highest BCUT2D eigenvalue weighted by molar-refractivity contribution is 7.90. The molecule has 1 aromatic carbocycles. The molecule has 16 heavy (non-hydrogen) atoms. The molecule has 0 N–H and O–H groups in total. The molecule has 0 spiro atoms. The molecule has 0 aromatic heterocycles. The van der Waals surface area contributed by atoms with Gasteiger partial charge in [0.05, 0.1) is 4.90 Å². The van der Waals surface area contributed by atoms with Gasteiger partial charge in [0.15, 0.2) is 16.4 Å². The molecule has 90 valence electrons. The van der Waals surface area contributed by atoms with Crippen LogP contribution in [0.15, 0.2) is 29.2 Å². The summed E-state index contributed by atoms with van der Waals surface area (Å²) in [6, 6.07) is 4.93. The normalized spacial score (nSPS) is 12.5. The predicted molar refractivity (Wildman–Crippen MR) is 51.1 cm³/mol. The second-order valence-corrected chi connectivity index (χ2v) is 5.17. The number of benzene rings is 1. The van der Waals surface area contributed by atoms with Crippen LogP contribution in [0.5, 0.6) is 5.75 Å². The quantitative estimate of drug-likeness (QED) is 0.829. The van der Waals surface area contributed by atoms with Crippen LogP contribution < -0.4 is 4.74 Å². The van der Waals surface area contributed by atoms with Crippen LogP contribution in [0.2, 0.25) is 0 Å². The molecule has 0 aliphatic rings. The number of hydrogen-bond acceptors (Lipinski definition) is 3. The van der Waals surface area contributed by atoms with Crippen molar-refractivity contribution in [1.82, 2.24) is 0 Å². The molecule has 0 saturated heterocycles. The lowest BCUT2D eigenvalue weighted by Crippen LogP contribution is -2.19. The molecule has 0 fully saturated rings. The molecule has 0 atom stereocenters. The summed E-state index contributed by atoms with van der Waals surface area (Å²) in [7, 11) is -3.44. The average molecular weight is 254 g/mol. The Morgan fingerprint density at radius 3 is 2.44 bits per heavy atom. The maximum atomic E-state index is 11.8. The zero-order chi connectivity index (χ0) is 12.4. The van der Waals surface area contributed by atoms with Crippen molar-refractivity contribution < 1.29 is 26.3 Å². The van der Waals surface area contributed by atoms with E-state index in [-0.39, 0.29) is 10.6 Å². The predicted octanol–water partition coefficient (Wildman–Crippen LogP) is 2.03. The van der Waals surface area contributed by atoms with E-state index in [2.05, 4.69) is 4.74 Å². The maximum Gasteiger partial charge on any atom is 0.422 e. The van der Waals surface area contributed by atoms with Crippen molar-refractivity contribution in [3.05, 3.63) is 24.3 Å². The summed E-state index contributed by atoms with van der Waals surface area (Å²) in [5.74, 6) is -0.125. The second kappa shape index (κ2) is 4.32. The molecular formula is C9H9F3O3S. The molecule has 3 nitrogen and oxygen atoms in total. The van der Waals surface area contributed by atoms with Gasteiger partial charge in [-0.15, -0.1) is 0 Å². The van der Waals surface area contributed by atoms with E-state index in [1.54, 1.807) is 0 Å². The van der Waals surface area contributed by atoms with Gasteiger partial charge in [-0.1, -0.05) is 6.07 Å². The van der Waals surface area contributed by atoms with E-state index in [1.165, 1.54) is 18.2 Å². The van der Waals surface area contributed by atoms with Crippen LogP contribution in [0, 0.1) is 0 Å². The van der Waals surface area contributed by atoms with E-state index in [1.807, 2.05) is 0 Å². The zero-order valence-electron chi connectivity index (χ0n) is 8.28. The summed E-state index contributed by atoms with van der Waals surface area (Å²) in [5.41, 5.74) is 0. The van der Waals surface area contributed by atoms with Crippen molar-refractivity contribution in [2.45, 2.75) is 11.1 Å². The number of rotatable bonds is 3. The van der Waals surface area contributed by atoms with Crippen molar-refractivity contribution >= 4 is 9.84 Å². The maximum absolute atomic E-state index is 11.8. The standard InChI is InChI=1S/C9H9F3O3S/c1-16(13,14)8-4-2-3-7(5-8)15-6-9(10,11)12/h2-5H,6H2,1H3. The molecule has 1 aromatic rings. The first-order valence-corrected chi connectivity index (χ1v) is 6.07. The van der Waals surface area contributed by atoms with Gasteiger partial charge >= 0.3 is 6.18 Å². The van der Waals surface area contributed by atoms with Gasteiger partial charge in [0.2, 0.25) is 0 Å². The van der Waals surface area contributed by atoms with Crippen molar-refractivity contribution in [2.75, 3.05) is 12.9 Å². The SMILES string of the molecule is CS(=O)(=O)c1cccc(OCC(F)(F)F)c1. The minimum absolute atomic E-state index is 0.0767. The minimum atomic E-state index is -4.44. The highest BCUT2D eigenvalue weighted by Crippen LogP contribution is 2.21. The summed E-state index contributed by atoms with van der Waals surface area (Å²) >= 11 is 0. The minimum Gasteiger partial charge on any atom is -0.484 e. The topological polar surface area (TPSA) is 43.4 Å². The van der Waals surface area contributed by atoms with Crippen LogP contribution in [-0.2, 0) is 9.84 Å². The van der Waals surface area contributed by atoms with E-state index in [4.69, 9.17) is 0 Å². The summed E-state index contributed by atoms with van der Waals surface area (Å²) < 4.78 is 62.1. The van der Waals surface area contributed by atoms with Gasteiger partial charge in [-0.2, -0.15) is 13.2 Å². The Morgan fingerprint density at radius 1 is 1.31 bits per heavy atom. The van der Waals surface area contributed by atoms with Gasteiger partial charge < -0.3 is 4.74 Å². The molecule has 0 heterocycles. The number of alkyl halides is 3. The van der Waals surface area contributed by atoms with Gasteiger partial charge in [0, 0.05) is 6.26 Å². The third kappa shape index (κ3) is 4.09. The summed E-state index contributed by atoms with van der Waals surface area (Å²) in [4.78, 5) is -0.0767. The third-order valence-electron chi connectivity index (χ3n) is 1.64. The Morgan fingerprint density at radius 2 is 1.94 bits per heavy atom. The fourth-order valence-electron chi connectivity index (χ4n) is 0.960. The molecule has 0 aliphatic carbocycles. The van der Waals surface area contributed by atoms with E-state index in [0.29, 0.717) is 0 Å². The van der Waals surface area contributed by atoms with Crippen LogP contribution >= 0.6 is 0 Å². The fraction of sp³-hybridized carbons (Fsp3) is 0.333. The average Bonchev–Trinajstić information content (AvgIpc) is 2.13. The molecule has 7 heteroatoms. The van der Waals surface area contributed by atoms with E-state index in [9.17, 15) is 21.6 Å². The molecule has 0 unspecified atom stereocenters. The van der Waals surface area contributed by atoms with Crippen molar-refractivity contribution in [1.29, 1.82) is 0 Å². The van der Waals surface area contributed by atoms with Crippen LogP contribution in [-0.4, -0.2) is 27.5 Å². The first-order chi connectivity index (χ1) is 7.18.